The summed E-state index contributed by atoms with van der Waals surface area (Å²) in [6.45, 7) is 3.40. The Kier molecular flexibility index (Phi) is 6.83. The predicted octanol–water partition coefficient (Wildman–Crippen LogP) is 3.95. The van der Waals surface area contributed by atoms with Gasteiger partial charge in [-0.3, -0.25) is 9.80 Å². The van der Waals surface area contributed by atoms with Gasteiger partial charge < -0.3 is 9.46 Å². The van der Waals surface area contributed by atoms with Gasteiger partial charge in [-0.25, -0.2) is 10.2 Å². The summed E-state index contributed by atoms with van der Waals surface area (Å²) in [5.74, 6) is -0.536. The standard InChI is InChI=1S/C14H17Cl2N3O3S/c1-2-22-13(20)9-7-12(11(16)8-10(9)15)18-23-14(21)19-6-4-3-5-17-19/h7-8,17-18H,2-6H2,1H3. The minimum Gasteiger partial charge on any atom is -0.462 e. The molecule has 1 aromatic rings. The van der Waals surface area contributed by atoms with Gasteiger partial charge in [0.25, 0.3) is 0 Å². The average molecular weight is 378 g/mol. The van der Waals surface area contributed by atoms with E-state index in [1.807, 2.05) is 0 Å². The summed E-state index contributed by atoms with van der Waals surface area (Å²) in [6.07, 6.45) is 2.02. The molecule has 23 heavy (non-hydrogen) atoms. The van der Waals surface area contributed by atoms with Crippen LogP contribution >= 0.6 is 35.1 Å². The zero-order chi connectivity index (χ0) is 16.8. The predicted molar refractivity (Wildman–Crippen MR) is 93.0 cm³/mol. The first-order chi connectivity index (χ1) is 11.0. The van der Waals surface area contributed by atoms with E-state index in [1.54, 1.807) is 11.9 Å². The van der Waals surface area contributed by atoms with Crippen molar-refractivity contribution in [1.82, 2.24) is 10.4 Å². The molecule has 0 spiro atoms. The number of nitrogens with zero attached hydrogens (tertiary/aromatic N) is 1. The molecule has 0 atom stereocenters. The van der Waals surface area contributed by atoms with Crippen LogP contribution in [0.1, 0.15) is 30.1 Å². The molecule has 0 radical (unpaired) electrons. The number of amides is 1. The fraction of sp³-hybridized carbons (Fsp3) is 0.429. The quantitative estimate of drug-likeness (QED) is 0.611. The molecular formula is C14H17Cl2N3O3S. The van der Waals surface area contributed by atoms with E-state index in [-0.39, 0.29) is 22.4 Å². The van der Waals surface area contributed by atoms with Crippen molar-refractivity contribution in [2.75, 3.05) is 24.4 Å². The van der Waals surface area contributed by atoms with Crippen molar-refractivity contribution in [2.24, 2.45) is 0 Å². The lowest BCUT2D eigenvalue weighted by Gasteiger charge is -2.27. The smallest absolute Gasteiger partial charge is 0.339 e. The van der Waals surface area contributed by atoms with E-state index in [9.17, 15) is 9.59 Å². The maximum absolute atomic E-state index is 12.1. The van der Waals surface area contributed by atoms with Crippen LogP contribution in [0, 0.1) is 0 Å². The van der Waals surface area contributed by atoms with Gasteiger partial charge in [0.15, 0.2) is 0 Å². The Bertz CT molecular complexity index is 595. The number of rotatable bonds is 4. The number of carbonyl (C=O) groups excluding carboxylic acids is 2. The topological polar surface area (TPSA) is 70.7 Å². The Morgan fingerprint density at radius 1 is 1.35 bits per heavy atom. The Hall–Kier alpha value is -1.15. The third-order valence-electron chi connectivity index (χ3n) is 3.13. The van der Waals surface area contributed by atoms with E-state index in [2.05, 4.69) is 10.1 Å². The molecule has 1 heterocycles. The van der Waals surface area contributed by atoms with E-state index in [1.165, 1.54) is 12.1 Å². The lowest BCUT2D eigenvalue weighted by Crippen LogP contribution is -2.45. The Balaban J connectivity index is 2.05. The average Bonchev–Trinajstić information content (AvgIpc) is 2.54. The summed E-state index contributed by atoms with van der Waals surface area (Å²) in [6, 6.07) is 2.93. The Morgan fingerprint density at radius 2 is 2.13 bits per heavy atom. The zero-order valence-corrected chi connectivity index (χ0v) is 14.9. The van der Waals surface area contributed by atoms with Gasteiger partial charge in [-0.05, 0) is 31.9 Å². The van der Waals surface area contributed by atoms with Crippen molar-refractivity contribution in [3.8, 4) is 0 Å². The van der Waals surface area contributed by atoms with Crippen LogP contribution in [-0.2, 0) is 4.74 Å². The van der Waals surface area contributed by atoms with Gasteiger partial charge in [0.1, 0.15) is 0 Å². The summed E-state index contributed by atoms with van der Waals surface area (Å²) in [4.78, 5) is 23.9. The van der Waals surface area contributed by atoms with Crippen LogP contribution in [0.3, 0.4) is 0 Å². The van der Waals surface area contributed by atoms with Crippen LogP contribution in [0.15, 0.2) is 12.1 Å². The molecule has 9 heteroatoms. The van der Waals surface area contributed by atoms with Gasteiger partial charge >= 0.3 is 11.2 Å². The Morgan fingerprint density at radius 3 is 2.78 bits per heavy atom. The minimum atomic E-state index is -0.536. The molecule has 1 aromatic carbocycles. The third-order valence-corrected chi connectivity index (χ3v) is 4.47. The largest absolute Gasteiger partial charge is 0.462 e. The van der Waals surface area contributed by atoms with Crippen LogP contribution in [0.25, 0.3) is 0 Å². The van der Waals surface area contributed by atoms with Crippen molar-refractivity contribution in [1.29, 1.82) is 0 Å². The molecule has 0 aliphatic carbocycles. The van der Waals surface area contributed by atoms with E-state index in [0.29, 0.717) is 17.3 Å². The molecular weight excluding hydrogens is 361 g/mol. The van der Waals surface area contributed by atoms with Gasteiger partial charge in [0, 0.05) is 25.0 Å². The summed E-state index contributed by atoms with van der Waals surface area (Å²) in [7, 11) is 0. The molecule has 1 aliphatic heterocycles. The fourth-order valence-corrected chi connectivity index (χ4v) is 3.19. The van der Waals surface area contributed by atoms with Gasteiger partial charge in [0.05, 0.1) is 27.9 Å². The molecule has 126 valence electrons. The Labute approximate surface area is 148 Å². The number of carbonyl (C=O) groups is 2. The summed E-state index contributed by atoms with van der Waals surface area (Å²) in [5, 5.41) is 1.90. The first-order valence-electron chi connectivity index (χ1n) is 7.17. The van der Waals surface area contributed by atoms with Crippen LogP contribution in [0.4, 0.5) is 10.5 Å². The van der Waals surface area contributed by atoms with E-state index in [4.69, 9.17) is 27.9 Å². The number of benzene rings is 1. The number of hydrogen-bond acceptors (Lipinski definition) is 6. The summed E-state index contributed by atoms with van der Waals surface area (Å²) < 4.78 is 7.80. The number of hydrazine groups is 1. The molecule has 0 aromatic heterocycles. The highest BCUT2D eigenvalue weighted by atomic mass is 35.5. The SMILES string of the molecule is CCOC(=O)c1cc(NSC(=O)N2CCCCN2)c(Cl)cc1Cl. The van der Waals surface area contributed by atoms with E-state index < -0.39 is 5.97 Å². The van der Waals surface area contributed by atoms with Gasteiger partial charge in [-0.15, -0.1) is 0 Å². The number of ether oxygens (including phenoxy) is 1. The molecule has 0 bridgehead atoms. The number of nitrogens with one attached hydrogen (secondary N) is 2. The second-order valence-corrected chi connectivity index (χ2v) is 6.34. The molecule has 0 unspecified atom stereocenters. The normalized spacial score (nSPS) is 14.5. The second-order valence-electron chi connectivity index (χ2n) is 4.77. The van der Waals surface area contributed by atoms with E-state index in [0.717, 1.165) is 31.3 Å². The molecule has 2 N–H and O–H groups in total. The van der Waals surface area contributed by atoms with Crippen molar-refractivity contribution < 1.29 is 14.3 Å². The summed E-state index contributed by atoms with van der Waals surface area (Å²) >= 11 is 13.0. The number of esters is 1. The van der Waals surface area contributed by atoms with Crippen LogP contribution < -0.4 is 10.1 Å². The lowest BCUT2D eigenvalue weighted by atomic mass is 10.2. The molecule has 1 fully saturated rings. The molecule has 1 amide bonds. The molecule has 6 nitrogen and oxygen atoms in total. The van der Waals surface area contributed by atoms with Crippen LogP contribution in [0.5, 0.6) is 0 Å². The highest BCUT2D eigenvalue weighted by Crippen LogP contribution is 2.31. The first kappa shape index (κ1) is 18.2. The number of hydrogen-bond donors (Lipinski definition) is 2. The van der Waals surface area contributed by atoms with Crippen LogP contribution in [0.2, 0.25) is 10.0 Å². The fourth-order valence-electron chi connectivity index (χ4n) is 1.99. The molecule has 0 saturated carbocycles. The van der Waals surface area contributed by atoms with E-state index >= 15 is 0 Å². The van der Waals surface area contributed by atoms with Crippen molar-refractivity contribution in [2.45, 2.75) is 19.8 Å². The molecule has 1 saturated heterocycles. The first-order valence-corrected chi connectivity index (χ1v) is 8.74. The van der Waals surface area contributed by atoms with Gasteiger partial charge in [-0.1, -0.05) is 23.2 Å². The summed E-state index contributed by atoms with van der Waals surface area (Å²) in [5.41, 5.74) is 3.64. The number of halogens is 2. The highest BCUT2D eigenvalue weighted by Gasteiger charge is 2.19. The number of anilines is 1. The minimum absolute atomic E-state index is 0.173. The second kappa shape index (κ2) is 8.63. The maximum Gasteiger partial charge on any atom is 0.339 e. The van der Waals surface area contributed by atoms with Crippen LogP contribution in [-0.4, -0.2) is 35.9 Å². The lowest BCUT2D eigenvalue weighted by molar-refractivity contribution is 0.0526. The van der Waals surface area contributed by atoms with Crippen molar-refractivity contribution in [3.05, 3.63) is 27.7 Å². The molecule has 2 rings (SSSR count). The molecule has 1 aliphatic rings. The highest BCUT2D eigenvalue weighted by molar-refractivity contribution is 8.14. The zero-order valence-electron chi connectivity index (χ0n) is 12.5. The van der Waals surface area contributed by atoms with Crippen molar-refractivity contribution in [3.63, 3.8) is 0 Å². The monoisotopic (exact) mass is 377 g/mol. The maximum atomic E-state index is 12.1. The third kappa shape index (κ3) is 4.91. The van der Waals surface area contributed by atoms with Gasteiger partial charge in [0.2, 0.25) is 0 Å². The van der Waals surface area contributed by atoms with Crippen molar-refractivity contribution >= 4 is 52.0 Å². The van der Waals surface area contributed by atoms with Gasteiger partial charge in [-0.2, -0.15) is 0 Å².